The highest BCUT2D eigenvalue weighted by atomic mass is 16.6. The Hall–Kier alpha value is -3.25. The molecule has 0 heterocycles. The van der Waals surface area contributed by atoms with Crippen molar-refractivity contribution in [2.24, 2.45) is 22.7 Å². The van der Waals surface area contributed by atoms with Gasteiger partial charge in [-0.05, 0) is 12.5 Å². The number of carbonyl (C=O) groups is 5. The molecule has 9 atom stereocenters. The van der Waals surface area contributed by atoms with Crippen molar-refractivity contribution >= 4 is 29.8 Å². The van der Waals surface area contributed by atoms with Gasteiger partial charge in [-0.3, -0.25) is 24.0 Å². The van der Waals surface area contributed by atoms with E-state index >= 15 is 0 Å². The van der Waals surface area contributed by atoms with E-state index in [4.69, 9.17) is 23.7 Å². The number of aliphatic hydroxyl groups excluding tert-OH is 1. The van der Waals surface area contributed by atoms with Gasteiger partial charge in [0.05, 0.1) is 11.5 Å². The quantitative estimate of drug-likeness (QED) is 0.271. The van der Waals surface area contributed by atoms with Gasteiger partial charge in [-0.25, -0.2) is 0 Å². The predicted octanol–water partition coefficient (Wildman–Crippen LogP) is 2.28. The zero-order valence-corrected chi connectivity index (χ0v) is 25.6. The third-order valence-corrected chi connectivity index (χ3v) is 9.42. The molecule has 2 fully saturated rings. The maximum atomic E-state index is 12.9. The average Bonchev–Trinajstić information content (AvgIpc) is 2.83. The van der Waals surface area contributed by atoms with Crippen LogP contribution in [0.4, 0.5) is 0 Å². The molecule has 42 heavy (non-hydrogen) atoms. The molecule has 2 N–H and O–H groups in total. The topological polar surface area (TPSA) is 172 Å². The maximum Gasteiger partial charge on any atom is 0.307 e. The van der Waals surface area contributed by atoms with Gasteiger partial charge in [-0.2, -0.15) is 0 Å². The Bertz CT molecular complexity index is 1220. The Labute approximate surface area is 245 Å². The number of aliphatic hydroxyl groups is 2. The summed E-state index contributed by atoms with van der Waals surface area (Å²) >= 11 is 0. The number of carbonyl (C=O) groups excluding carboxylic acids is 5. The van der Waals surface area contributed by atoms with Crippen LogP contribution in [0.25, 0.3) is 0 Å². The van der Waals surface area contributed by atoms with Gasteiger partial charge >= 0.3 is 29.8 Å². The Morgan fingerprint density at radius 1 is 0.810 bits per heavy atom. The van der Waals surface area contributed by atoms with Crippen LogP contribution in [-0.2, 0) is 47.7 Å². The van der Waals surface area contributed by atoms with Crippen LogP contribution < -0.4 is 0 Å². The van der Waals surface area contributed by atoms with E-state index in [9.17, 15) is 34.2 Å². The number of ether oxygens (including phenoxy) is 5. The van der Waals surface area contributed by atoms with Gasteiger partial charge in [-0.15, -0.1) is 0 Å². The molecule has 3 aliphatic rings. The van der Waals surface area contributed by atoms with Gasteiger partial charge in [0.15, 0.2) is 12.2 Å². The summed E-state index contributed by atoms with van der Waals surface area (Å²) in [5.41, 5.74) is -4.73. The molecule has 3 rings (SSSR count). The summed E-state index contributed by atoms with van der Waals surface area (Å²) in [6, 6.07) is 0. The molecular formula is C30H42O12. The fraction of sp³-hybridized carbons (Fsp3) is 0.700. The van der Waals surface area contributed by atoms with Crippen molar-refractivity contribution in [3.63, 3.8) is 0 Å². The zero-order valence-electron chi connectivity index (χ0n) is 25.6. The second kappa shape index (κ2) is 11.4. The first kappa shape index (κ1) is 33.3. The Morgan fingerprint density at radius 2 is 1.31 bits per heavy atom. The van der Waals surface area contributed by atoms with Crippen molar-refractivity contribution in [1.82, 2.24) is 0 Å². The normalized spacial score (nSPS) is 37.3. The maximum absolute atomic E-state index is 12.9. The van der Waals surface area contributed by atoms with E-state index < -0.39 is 88.6 Å². The summed E-state index contributed by atoms with van der Waals surface area (Å²) in [7, 11) is 0. The lowest BCUT2D eigenvalue weighted by atomic mass is 9.45. The van der Waals surface area contributed by atoms with Gasteiger partial charge < -0.3 is 33.9 Å². The summed E-state index contributed by atoms with van der Waals surface area (Å²) in [4.78, 5) is 62.6. The van der Waals surface area contributed by atoms with E-state index in [0.717, 1.165) is 13.8 Å². The van der Waals surface area contributed by atoms with Crippen LogP contribution in [0.2, 0.25) is 0 Å². The van der Waals surface area contributed by atoms with Gasteiger partial charge in [0.2, 0.25) is 0 Å². The standard InChI is InChI=1S/C30H42O12/c1-13-21(36)12-23(39-16(4)32)29(10)24(13)25(40-17(5)33)20-11-22(38-15(3)31)14(2)30(37,28(20,8)9)27(42-19(7)35)26(29)41-18(6)34/h20-21,23-27,36-37H,1,11-12H2,2-10H3. The molecule has 0 radical (unpaired) electrons. The first-order valence-corrected chi connectivity index (χ1v) is 13.9. The van der Waals surface area contributed by atoms with E-state index in [2.05, 4.69) is 6.58 Å². The SMILES string of the molecule is C=C1C(O)CC(OC(C)=O)C2(C)C(OC(C)=O)C(OC(C)=O)C3(O)C(C)=C(OC(C)=O)CC(C(OC(C)=O)C12)C3(C)C. The van der Waals surface area contributed by atoms with Crippen LogP contribution in [0.1, 0.15) is 75.2 Å². The van der Waals surface area contributed by atoms with Gasteiger partial charge in [0.1, 0.15) is 23.6 Å². The molecule has 9 unspecified atom stereocenters. The van der Waals surface area contributed by atoms with Crippen LogP contribution in [0, 0.1) is 22.7 Å². The lowest BCUT2D eigenvalue weighted by Crippen LogP contribution is -2.75. The van der Waals surface area contributed by atoms with Gasteiger partial charge in [-0.1, -0.05) is 27.4 Å². The molecule has 12 heteroatoms. The lowest BCUT2D eigenvalue weighted by molar-refractivity contribution is -0.277. The van der Waals surface area contributed by atoms with E-state index in [1.807, 2.05) is 0 Å². The lowest BCUT2D eigenvalue weighted by Gasteiger charge is -2.64. The first-order valence-electron chi connectivity index (χ1n) is 13.9. The zero-order chi connectivity index (χ0) is 32.1. The van der Waals surface area contributed by atoms with Crippen LogP contribution in [-0.4, -0.2) is 76.2 Å². The average molecular weight is 595 g/mol. The fourth-order valence-electron chi connectivity index (χ4n) is 7.51. The van der Waals surface area contributed by atoms with Crippen molar-refractivity contribution in [3.05, 3.63) is 23.5 Å². The number of fused-ring (bicyclic) bond motifs is 3. The van der Waals surface area contributed by atoms with Crippen molar-refractivity contribution in [2.45, 2.75) is 111 Å². The molecule has 0 aliphatic heterocycles. The van der Waals surface area contributed by atoms with Crippen LogP contribution in [0.15, 0.2) is 23.5 Å². The van der Waals surface area contributed by atoms with Gasteiger partial charge in [0, 0.05) is 70.3 Å². The van der Waals surface area contributed by atoms with Crippen molar-refractivity contribution in [2.75, 3.05) is 0 Å². The summed E-state index contributed by atoms with van der Waals surface area (Å²) in [5.74, 6) is -5.55. The minimum Gasteiger partial charge on any atom is -0.462 e. The molecule has 2 bridgehead atoms. The highest BCUT2D eigenvalue weighted by Crippen LogP contribution is 2.63. The van der Waals surface area contributed by atoms with Crippen LogP contribution >= 0.6 is 0 Å². The summed E-state index contributed by atoms with van der Waals surface area (Å²) in [6.07, 6.45) is -6.94. The predicted molar refractivity (Wildman–Crippen MR) is 145 cm³/mol. The van der Waals surface area contributed by atoms with E-state index in [-0.39, 0.29) is 29.7 Å². The van der Waals surface area contributed by atoms with Crippen molar-refractivity contribution < 1.29 is 57.9 Å². The summed E-state index contributed by atoms with van der Waals surface area (Å²) < 4.78 is 29.0. The molecule has 0 saturated heterocycles. The molecule has 0 amide bonds. The Morgan fingerprint density at radius 3 is 1.79 bits per heavy atom. The largest absolute Gasteiger partial charge is 0.462 e. The molecule has 0 aromatic rings. The number of allylic oxidation sites excluding steroid dienone is 1. The van der Waals surface area contributed by atoms with E-state index in [0.29, 0.717) is 0 Å². The molecule has 0 spiro atoms. The van der Waals surface area contributed by atoms with Gasteiger partial charge in [0.25, 0.3) is 0 Å². The minimum absolute atomic E-state index is 0.00210. The Balaban J connectivity index is 2.57. The molecule has 12 nitrogen and oxygen atoms in total. The Kier molecular flexibility index (Phi) is 9.06. The second-order valence-corrected chi connectivity index (χ2v) is 12.3. The number of rotatable bonds is 5. The minimum atomic E-state index is -2.18. The summed E-state index contributed by atoms with van der Waals surface area (Å²) in [5, 5.41) is 24.1. The highest BCUT2D eigenvalue weighted by Gasteiger charge is 2.73. The molecular weight excluding hydrogens is 552 g/mol. The highest BCUT2D eigenvalue weighted by molar-refractivity contribution is 5.70. The number of hydrogen-bond acceptors (Lipinski definition) is 12. The number of esters is 5. The fourth-order valence-corrected chi connectivity index (χ4v) is 7.51. The third kappa shape index (κ3) is 5.34. The van der Waals surface area contributed by atoms with E-state index in [1.165, 1.54) is 27.7 Å². The molecule has 3 aliphatic carbocycles. The molecule has 0 aromatic carbocycles. The molecule has 0 aromatic heterocycles. The van der Waals surface area contributed by atoms with Crippen LogP contribution in [0.3, 0.4) is 0 Å². The third-order valence-electron chi connectivity index (χ3n) is 9.42. The van der Waals surface area contributed by atoms with Crippen molar-refractivity contribution in [3.8, 4) is 0 Å². The second-order valence-electron chi connectivity index (χ2n) is 12.3. The molecule has 234 valence electrons. The first-order chi connectivity index (χ1) is 19.2. The smallest absolute Gasteiger partial charge is 0.307 e. The van der Waals surface area contributed by atoms with Crippen LogP contribution in [0.5, 0.6) is 0 Å². The number of hydrogen-bond donors (Lipinski definition) is 2. The molecule has 2 saturated carbocycles. The summed E-state index contributed by atoms with van der Waals surface area (Å²) in [6.45, 7) is 16.4. The van der Waals surface area contributed by atoms with E-state index in [1.54, 1.807) is 20.8 Å². The van der Waals surface area contributed by atoms with Crippen molar-refractivity contribution in [1.29, 1.82) is 0 Å². The monoisotopic (exact) mass is 594 g/mol.